The molecule has 2 aromatic carbocycles. The Morgan fingerprint density at radius 1 is 0.966 bits per heavy atom. The zero-order valence-electron chi connectivity index (χ0n) is 17.6. The van der Waals surface area contributed by atoms with Gasteiger partial charge in [-0.1, -0.05) is 26.0 Å². The van der Waals surface area contributed by atoms with Crippen molar-refractivity contribution in [3.63, 3.8) is 0 Å². The third-order valence-corrected chi connectivity index (χ3v) is 5.79. The van der Waals surface area contributed by atoms with Crippen LogP contribution in [0.4, 0.5) is 5.69 Å². The summed E-state index contributed by atoms with van der Waals surface area (Å²) >= 11 is 0. The van der Waals surface area contributed by atoms with Gasteiger partial charge in [-0.3, -0.25) is 4.79 Å². The van der Waals surface area contributed by atoms with E-state index < -0.39 is 0 Å². The van der Waals surface area contributed by atoms with Gasteiger partial charge in [0.25, 0.3) is 0 Å². The van der Waals surface area contributed by atoms with Gasteiger partial charge in [-0.25, -0.2) is 0 Å². The van der Waals surface area contributed by atoms with Gasteiger partial charge in [0.05, 0.1) is 21.3 Å². The van der Waals surface area contributed by atoms with Crippen LogP contribution in [-0.4, -0.2) is 27.1 Å². The third-order valence-electron chi connectivity index (χ3n) is 5.79. The SMILES string of the molecule is COc1cccc([C@H]2C3=C(CC(C)(C)CC3=O)Nc3cc(OC)c(OC)cc32)c1. The van der Waals surface area contributed by atoms with E-state index in [1.54, 1.807) is 21.3 Å². The molecule has 152 valence electrons. The van der Waals surface area contributed by atoms with E-state index in [1.807, 2.05) is 30.3 Å². The molecule has 0 radical (unpaired) electrons. The highest BCUT2D eigenvalue weighted by molar-refractivity contribution is 6.01. The van der Waals surface area contributed by atoms with Crippen molar-refractivity contribution >= 4 is 11.5 Å². The first-order valence-corrected chi connectivity index (χ1v) is 9.80. The monoisotopic (exact) mass is 393 g/mol. The van der Waals surface area contributed by atoms with Gasteiger partial charge >= 0.3 is 0 Å². The predicted octanol–water partition coefficient (Wildman–Crippen LogP) is 4.91. The molecule has 4 rings (SSSR count). The molecule has 2 aliphatic rings. The number of methoxy groups -OCH3 is 3. The Morgan fingerprint density at radius 2 is 1.69 bits per heavy atom. The molecule has 1 heterocycles. The summed E-state index contributed by atoms with van der Waals surface area (Å²) in [6.45, 7) is 4.28. The van der Waals surface area contributed by atoms with Crippen molar-refractivity contribution in [1.29, 1.82) is 0 Å². The second-order valence-corrected chi connectivity index (χ2v) is 8.46. The van der Waals surface area contributed by atoms with Crippen molar-refractivity contribution in [2.45, 2.75) is 32.6 Å². The topological polar surface area (TPSA) is 56.8 Å². The first-order valence-electron chi connectivity index (χ1n) is 9.80. The molecule has 29 heavy (non-hydrogen) atoms. The highest BCUT2D eigenvalue weighted by Crippen LogP contribution is 2.51. The fourth-order valence-corrected chi connectivity index (χ4v) is 4.51. The molecule has 0 aromatic heterocycles. The molecule has 1 N–H and O–H groups in total. The first kappa shape index (κ1) is 19.4. The molecule has 0 saturated heterocycles. The van der Waals surface area contributed by atoms with Gasteiger partial charge in [0.2, 0.25) is 0 Å². The number of carbonyl (C=O) groups excluding carboxylic acids is 1. The van der Waals surface area contributed by atoms with Crippen LogP contribution in [0.25, 0.3) is 0 Å². The number of hydrogen-bond acceptors (Lipinski definition) is 5. The summed E-state index contributed by atoms with van der Waals surface area (Å²) in [6, 6.07) is 11.9. The zero-order valence-corrected chi connectivity index (χ0v) is 17.6. The number of allylic oxidation sites excluding steroid dienone is 2. The van der Waals surface area contributed by atoms with Crippen LogP contribution in [0, 0.1) is 5.41 Å². The number of benzene rings is 2. The molecule has 1 aliphatic heterocycles. The van der Waals surface area contributed by atoms with Crippen molar-refractivity contribution in [2.75, 3.05) is 26.6 Å². The van der Waals surface area contributed by atoms with Crippen molar-refractivity contribution in [3.8, 4) is 17.2 Å². The third kappa shape index (κ3) is 3.35. The van der Waals surface area contributed by atoms with E-state index in [0.29, 0.717) is 17.9 Å². The van der Waals surface area contributed by atoms with Gasteiger partial charge in [0.1, 0.15) is 5.75 Å². The smallest absolute Gasteiger partial charge is 0.162 e. The maximum absolute atomic E-state index is 13.3. The van der Waals surface area contributed by atoms with Crippen LogP contribution >= 0.6 is 0 Å². The number of ether oxygens (including phenoxy) is 3. The highest BCUT2D eigenvalue weighted by atomic mass is 16.5. The summed E-state index contributed by atoms with van der Waals surface area (Å²) in [5, 5.41) is 3.53. The van der Waals surface area contributed by atoms with E-state index in [9.17, 15) is 4.79 Å². The molecule has 0 amide bonds. The maximum atomic E-state index is 13.3. The quantitative estimate of drug-likeness (QED) is 0.800. The normalized spacial score (nSPS) is 19.8. The van der Waals surface area contributed by atoms with Gasteiger partial charge in [0, 0.05) is 35.4 Å². The maximum Gasteiger partial charge on any atom is 0.162 e. The number of carbonyl (C=O) groups is 1. The Labute approximate surface area is 171 Å². The van der Waals surface area contributed by atoms with E-state index in [4.69, 9.17) is 14.2 Å². The molecular weight excluding hydrogens is 366 g/mol. The minimum Gasteiger partial charge on any atom is -0.497 e. The van der Waals surface area contributed by atoms with Gasteiger partial charge in [-0.05, 0) is 41.2 Å². The number of fused-ring (bicyclic) bond motifs is 1. The van der Waals surface area contributed by atoms with E-state index in [-0.39, 0.29) is 17.1 Å². The minimum absolute atomic E-state index is 0.0735. The fraction of sp³-hybridized carbons (Fsp3) is 0.375. The standard InChI is InChI=1S/C24H27NO4/c1-24(2)12-18-23(19(26)13-24)22(14-7-6-8-15(9-14)27-3)16-10-20(28-4)21(29-5)11-17(16)25-18/h6-11,22,25H,12-13H2,1-5H3/t22-/m1/s1. The summed E-state index contributed by atoms with van der Waals surface area (Å²) in [7, 11) is 4.91. The van der Waals surface area contributed by atoms with Gasteiger partial charge in [-0.15, -0.1) is 0 Å². The number of rotatable bonds is 4. The average Bonchev–Trinajstić information content (AvgIpc) is 2.70. The summed E-state index contributed by atoms with van der Waals surface area (Å²) in [5.74, 6) is 2.09. The summed E-state index contributed by atoms with van der Waals surface area (Å²) in [5.41, 5.74) is 4.74. The second kappa shape index (κ2) is 7.14. The number of ketones is 1. The molecule has 0 bridgehead atoms. The molecule has 0 spiro atoms. The van der Waals surface area contributed by atoms with E-state index >= 15 is 0 Å². The van der Waals surface area contributed by atoms with Gasteiger partial charge in [0.15, 0.2) is 17.3 Å². The van der Waals surface area contributed by atoms with E-state index in [2.05, 4.69) is 25.2 Å². The lowest BCUT2D eigenvalue weighted by molar-refractivity contribution is -0.118. The van der Waals surface area contributed by atoms with Crippen molar-refractivity contribution in [1.82, 2.24) is 0 Å². The number of nitrogens with one attached hydrogen (secondary N) is 1. The largest absolute Gasteiger partial charge is 0.497 e. The van der Waals surface area contributed by atoms with Crippen LogP contribution in [0.2, 0.25) is 0 Å². The molecule has 1 atom stereocenters. The molecule has 5 nitrogen and oxygen atoms in total. The highest BCUT2D eigenvalue weighted by Gasteiger charge is 2.41. The fourth-order valence-electron chi connectivity index (χ4n) is 4.51. The summed E-state index contributed by atoms with van der Waals surface area (Å²) in [6.07, 6.45) is 1.36. The molecule has 0 saturated carbocycles. The van der Waals surface area contributed by atoms with Crippen molar-refractivity contribution in [2.24, 2.45) is 5.41 Å². The molecule has 2 aromatic rings. The minimum atomic E-state index is -0.181. The Balaban J connectivity index is 1.96. The lowest BCUT2D eigenvalue weighted by Gasteiger charge is -2.39. The second-order valence-electron chi connectivity index (χ2n) is 8.46. The van der Waals surface area contributed by atoms with E-state index in [0.717, 1.165) is 40.3 Å². The van der Waals surface area contributed by atoms with Gasteiger partial charge in [-0.2, -0.15) is 0 Å². The van der Waals surface area contributed by atoms with Crippen molar-refractivity contribution in [3.05, 3.63) is 58.8 Å². The number of hydrogen-bond donors (Lipinski definition) is 1. The zero-order chi connectivity index (χ0) is 20.8. The Hall–Kier alpha value is -2.95. The summed E-state index contributed by atoms with van der Waals surface area (Å²) in [4.78, 5) is 13.3. The molecule has 1 aliphatic carbocycles. The van der Waals surface area contributed by atoms with Crippen LogP contribution in [0.15, 0.2) is 47.7 Å². The van der Waals surface area contributed by atoms with Crippen LogP contribution in [-0.2, 0) is 4.79 Å². The lowest BCUT2D eigenvalue weighted by atomic mass is 9.68. The van der Waals surface area contributed by atoms with Crippen molar-refractivity contribution < 1.29 is 19.0 Å². The first-order chi connectivity index (χ1) is 13.9. The number of anilines is 1. The molecule has 5 heteroatoms. The Morgan fingerprint density at radius 3 is 2.38 bits per heavy atom. The summed E-state index contributed by atoms with van der Waals surface area (Å²) < 4.78 is 16.5. The lowest BCUT2D eigenvalue weighted by Crippen LogP contribution is -2.33. The van der Waals surface area contributed by atoms with E-state index in [1.165, 1.54) is 0 Å². The molecular formula is C24H27NO4. The van der Waals surface area contributed by atoms with Crippen LogP contribution in [0.1, 0.15) is 43.7 Å². The van der Waals surface area contributed by atoms with Crippen LogP contribution in [0.3, 0.4) is 0 Å². The predicted molar refractivity (Wildman–Crippen MR) is 113 cm³/mol. The Bertz CT molecular complexity index is 1010. The van der Waals surface area contributed by atoms with Crippen LogP contribution in [0.5, 0.6) is 17.2 Å². The molecule has 0 fully saturated rings. The average molecular weight is 393 g/mol. The number of Topliss-reactive ketones (excluding diaryl/α,β-unsaturated/α-hetero) is 1. The molecule has 0 unspecified atom stereocenters. The Kier molecular flexibility index (Phi) is 4.77. The van der Waals surface area contributed by atoms with Crippen LogP contribution < -0.4 is 19.5 Å². The van der Waals surface area contributed by atoms with Gasteiger partial charge < -0.3 is 19.5 Å².